The maximum atomic E-state index is 12.6. The van der Waals surface area contributed by atoms with E-state index in [1.807, 2.05) is 28.8 Å². The molecule has 2 aliphatic heterocycles. The number of rotatable bonds is 4. The van der Waals surface area contributed by atoms with Crippen molar-refractivity contribution in [3.8, 4) is 0 Å². The Balaban J connectivity index is 1.41. The maximum absolute atomic E-state index is 12.6. The Labute approximate surface area is 136 Å². The Morgan fingerprint density at radius 1 is 1.17 bits per heavy atom. The Kier molecular flexibility index (Phi) is 3.66. The average Bonchev–Trinajstić information content (AvgIpc) is 2.95. The zero-order chi connectivity index (χ0) is 15.9. The van der Waals surface area contributed by atoms with E-state index in [2.05, 4.69) is 4.98 Å². The van der Waals surface area contributed by atoms with E-state index in [0.717, 1.165) is 37.1 Å². The topological polar surface area (TPSA) is 64.4 Å². The number of aryl methyl sites for hydroxylation is 1. The molecule has 0 aliphatic carbocycles. The third-order valence-corrected chi connectivity index (χ3v) is 6.96. The van der Waals surface area contributed by atoms with E-state index in [1.54, 1.807) is 10.6 Å². The van der Waals surface area contributed by atoms with Gasteiger partial charge in [0.25, 0.3) is 0 Å². The van der Waals surface area contributed by atoms with E-state index < -0.39 is 10.0 Å². The Morgan fingerprint density at radius 3 is 2.61 bits per heavy atom. The summed E-state index contributed by atoms with van der Waals surface area (Å²) in [5.74, 6) is 0.122. The van der Waals surface area contributed by atoms with Crippen molar-refractivity contribution in [2.75, 3.05) is 32.1 Å². The summed E-state index contributed by atoms with van der Waals surface area (Å²) in [6.07, 6.45) is 3.55. The van der Waals surface area contributed by atoms with E-state index in [-0.39, 0.29) is 11.2 Å². The van der Waals surface area contributed by atoms with Crippen molar-refractivity contribution in [3.05, 3.63) is 30.6 Å². The van der Waals surface area contributed by atoms with Crippen molar-refractivity contribution in [1.29, 1.82) is 0 Å². The largest absolute Gasteiger partial charge is 0.380 e. The third-order valence-electron chi connectivity index (χ3n) is 5.11. The van der Waals surface area contributed by atoms with Crippen LogP contribution in [0.2, 0.25) is 0 Å². The first-order valence-electron chi connectivity index (χ1n) is 8.04. The van der Waals surface area contributed by atoms with Crippen LogP contribution in [0, 0.1) is 5.41 Å². The second-order valence-electron chi connectivity index (χ2n) is 6.63. The molecule has 4 rings (SSSR count). The lowest BCUT2D eigenvalue weighted by molar-refractivity contribution is -0.133. The SMILES string of the molecule is O=S(=O)(CCn1cnc2ccccc21)N1CCC2(CC1)COC2. The molecule has 23 heavy (non-hydrogen) atoms. The molecule has 7 heteroatoms. The fraction of sp³-hybridized carbons (Fsp3) is 0.562. The smallest absolute Gasteiger partial charge is 0.215 e. The number of para-hydroxylation sites is 2. The van der Waals surface area contributed by atoms with E-state index >= 15 is 0 Å². The van der Waals surface area contributed by atoms with Crippen LogP contribution in [0.5, 0.6) is 0 Å². The van der Waals surface area contributed by atoms with E-state index in [0.29, 0.717) is 19.6 Å². The third kappa shape index (κ3) is 2.77. The van der Waals surface area contributed by atoms with Crippen molar-refractivity contribution in [2.45, 2.75) is 19.4 Å². The Hall–Kier alpha value is -1.44. The molecular weight excluding hydrogens is 314 g/mol. The lowest BCUT2D eigenvalue weighted by Crippen LogP contribution is -2.52. The number of benzene rings is 1. The zero-order valence-electron chi connectivity index (χ0n) is 13.0. The molecule has 124 valence electrons. The van der Waals surface area contributed by atoms with Crippen LogP contribution in [-0.2, 0) is 21.3 Å². The van der Waals surface area contributed by atoms with Crippen LogP contribution in [-0.4, -0.2) is 54.3 Å². The maximum Gasteiger partial charge on any atom is 0.215 e. The summed E-state index contributed by atoms with van der Waals surface area (Å²) in [5, 5.41) is 0. The predicted molar refractivity (Wildman–Crippen MR) is 87.6 cm³/mol. The minimum atomic E-state index is -3.22. The van der Waals surface area contributed by atoms with Gasteiger partial charge in [-0.2, -0.15) is 0 Å². The van der Waals surface area contributed by atoms with Gasteiger partial charge < -0.3 is 9.30 Å². The summed E-state index contributed by atoms with van der Waals surface area (Å²) in [5.41, 5.74) is 2.13. The van der Waals surface area contributed by atoms with Gasteiger partial charge >= 0.3 is 0 Å². The number of imidazole rings is 1. The molecule has 3 heterocycles. The molecule has 0 unspecified atom stereocenters. The summed E-state index contributed by atoms with van der Waals surface area (Å²) in [6.45, 7) is 3.27. The molecule has 0 bridgehead atoms. The number of aromatic nitrogens is 2. The fourth-order valence-electron chi connectivity index (χ4n) is 3.45. The van der Waals surface area contributed by atoms with Gasteiger partial charge in [-0.3, -0.25) is 0 Å². The van der Waals surface area contributed by atoms with Crippen molar-refractivity contribution < 1.29 is 13.2 Å². The van der Waals surface area contributed by atoms with Gasteiger partial charge in [-0.25, -0.2) is 17.7 Å². The lowest BCUT2D eigenvalue weighted by Gasteiger charge is -2.46. The molecule has 2 aromatic rings. The molecular formula is C16H21N3O3S. The number of piperidine rings is 1. The van der Waals surface area contributed by atoms with Gasteiger partial charge in [0.05, 0.1) is 36.3 Å². The zero-order valence-corrected chi connectivity index (χ0v) is 13.8. The van der Waals surface area contributed by atoms with Gasteiger partial charge in [-0.05, 0) is 25.0 Å². The first kappa shape index (κ1) is 15.1. The molecule has 0 saturated carbocycles. The first-order chi connectivity index (χ1) is 11.1. The van der Waals surface area contributed by atoms with E-state index in [1.165, 1.54) is 0 Å². The highest BCUT2D eigenvalue weighted by Gasteiger charge is 2.43. The molecule has 2 aliphatic rings. The number of ether oxygens (including phenoxy) is 1. The van der Waals surface area contributed by atoms with Crippen molar-refractivity contribution in [1.82, 2.24) is 13.9 Å². The molecule has 0 radical (unpaired) electrons. The van der Waals surface area contributed by atoms with Crippen molar-refractivity contribution in [2.24, 2.45) is 5.41 Å². The molecule has 2 saturated heterocycles. The van der Waals surface area contributed by atoms with Crippen molar-refractivity contribution in [3.63, 3.8) is 0 Å². The fourth-order valence-corrected chi connectivity index (χ4v) is 4.87. The van der Waals surface area contributed by atoms with Crippen LogP contribution in [0.15, 0.2) is 30.6 Å². The highest BCUT2D eigenvalue weighted by atomic mass is 32.2. The van der Waals surface area contributed by atoms with Crippen LogP contribution in [0.3, 0.4) is 0 Å². The summed E-state index contributed by atoms with van der Waals surface area (Å²) in [6, 6.07) is 7.78. The summed E-state index contributed by atoms with van der Waals surface area (Å²) in [7, 11) is -3.22. The van der Waals surface area contributed by atoms with Gasteiger partial charge in [0.1, 0.15) is 0 Å². The highest BCUT2D eigenvalue weighted by molar-refractivity contribution is 7.89. The van der Waals surface area contributed by atoms with E-state index in [9.17, 15) is 8.42 Å². The lowest BCUT2D eigenvalue weighted by atomic mass is 9.77. The van der Waals surface area contributed by atoms with Crippen LogP contribution >= 0.6 is 0 Å². The van der Waals surface area contributed by atoms with Gasteiger partial charge in [-0.1, -0.05) is 12.1 Å². The van der Waals surface area contributed by atoms with Crippen molar-refractivity contribution >= 4 is 21.1 Å². The van der Waals surface area contributed by atoms with Crippen LogP contribution in [0.25, 0.3) is 11.0 Å². The standard InChI is InChI=1S/C16H21N3O3S/c20-23(21,19-7-5-16(6-8-19)11-22-12-16)10-9-18-13-17-14-3-1-2-4-15(14)18/h1-4,13H,5-12H2. The first-order valence-corrected chi connectivity index (χ1v) is 9.64. The molecule has 1 aromatic carbocycles. The molecule has 1 spiro atoms. The second-order valence-corrected chi connectivity index (χ2v) is 8.72. The minimum absolute atomic E-state index is 0.122. The molecule has 0 atom stereocenters. The highest BCUT2D eigenvalue weighted by Crippen LogP contribution is 2.38. The number of hydrogen-bond acceptors (Lipinski definition) is 4. The Morgan fingerprint density at radius 2 is 1.91 bits per heavy atom. The summed E-state index contributed by atoms with van der Waals surface area (Å²) in [4.78, 5) is 4.31. The monoisotopic (exact) mass is 335 g/mol. The normalized spacial score (nSPS) is 21.6. The number of sulfonamides is 1. The number of fused-ring (bicyclic) bond motifs is 1. The minimum Gasteiger partial charge on any atom is -0.380 e. The van der Waals surface area contributed by atoms with Crippen LogP contribution < -0.4 is 0 Å². The van der Waals surface area contributed by atoms with Gasteiger partial charge in [0.2, 0.25) is 10.0 Å². The van der Waals surface area contributed by atoms with Crippen LogP contribution in [0.4, 0.5) is 0 Å². The van der Waals surface area contributed by atoms with E-state index in [4.69, 9.17) is 4.74 Å². The molecule has 2 fully saturated rings. The predicted octanol–water partition coefficient (Wildman–Crippen LogP) is 1.48. The van der Waals surface area contributed by atoms with Gasteiger partial charge in [-0.15, -0.1) is 0 Å². The Bertz CT molecular complexity index is 801. The quantitative estimate of drug-likeness (QED) is 0.849. The number of nitrogens with zero attached hydrogens (tertiary/aromatic N) is 3. The summed E-state index contributed by atoms with van der Waals surface area (Å²) >= 11 is 0. The average molecular weight is 335 g/mol. The van der Waals surface area contributed by atoms with Gasteiger partial charge in [0, 0.05) is 25.0 Å². The summed E-state index contributed by atoms with van der Waals surface area (Å²) < 4.78 is 34.0. The molecule has 0 N–H and O–H groups in total. The number of hydrogen-bond donors (Lipinski definition) is 0. The van der Waals surface area contributed by atoms with Crippen LogP contribution in [0.1, 0.15) is 12.8 Å². The molecule has 6 nitrogen and oxygen atoms in total. The van der Waals surface area contributed by atoms with Gasteiger partial charge in [0.15, 0.2) is 0 Å². The second kappa shape index (κ2) is 5.58. The molecule has 0 amide bonds. The molecule has 1 aromatic heterocycles.